The summed E-state index contributed by atoms with van der Waals surface area (Å²) in [6, 6.07) is 8.02. The van der Waals surface area contributed by atoms with Crippen molar-refractivity contribution >= 4 is 35.0 Å². The Balaban J connectivity index is 1.60. The average Bonchev–Trinajstić information content (AvgIpc) is 3.45. The van der Waals surface area contributed by atoms with E-state index in [0.717, 1.165) is 46.5 Å². The van der Waals surface area contributed by atoms with Crippen LogP contribution in [0.25, 0.3) is 11.4 Å². The Hall–Kier alpha value is -2.32. The number of halogens is 1. The third-order valence-corrected chi connectivity index (χ3v) is 7.26. The van der Waals surface area contributed by atoms with Crippen LogP contribution in [0.4, 0.5) is 5.69 Å². The number of benzene rings is 1. The molecule has 0 radical (unpaired) electrons. The number of nitrogens with zero attached hydrogens (tertiary/aromatic N) is 5. The first-order valence-electron chi connectivity index (χ1n) is 10.5. The molecule has 164 valence electrons. The van der Waals surface area contributed by atoms with E-state index in [-0.39, 0.29) is 11.2 Å². The molecule has 1 amide bonds. The zero-order valence-electron chi connectivity index (χ0n) is 18.2. The van der Waals surface area contributed by atoms with Gasteiger partial charge in [0.2, 0.25) is 5.91 Å². The number of carbonyl (C=O) groups excluding carboxylic acids is 1. The molecule has 0 bridgehead atoms. The zero-order valence-corrected chi connectivity index (χ0v) is 19.8. The molecule has 3 aromatic rings. The third-order valence-electron chi connectivity index (χ3n) is 5.88. The van der Waals surface area contributed by atoms with Gasteiger partial charge in [0, 0.05) is 18.7 Å². The minimum absolute atomic E-state index is 0.0792. The first kappa shape index (κ1) is 21.9. The highest BCUT2D eigenvalue weighted by Crippen LogP contribution is 2.39. The quantitative estimate of drug-likeness (QED) is 0.514. The first-order chi connectivity index (χ1) is 14.9. The highest BCUT2D eigenvalue weighted by Gasteiger charge is 2.28. The van der Waals surface area contributed by atoms with Crippen molar-refractivity contribution in [2.75, 3.05) is 5.32 Å². The fourth-order valence-corrected chi connectivity index (χ4v) is 5.21. The molecule has 7 nitrogen and oxygen atoms in total. The van der Waals surface area contributed by atoms with Crippen molar-refractivity contribution < 1.29 is 4.79 Å². The largest absolute Gasteiger partial charge is 0.322 e. The van der Waals surface area contributed by atoms with E-state index in [1.807, 2.05) is 52.1 Å². The molecule has 31 heavy (non-hydrogen) atoms. The van der Waals surface area contributed by atoms with Crippen LogP contribution in [0, 0.1) is 13.8 Å². The molecule has 1 aliphatic carbocycles. The van der Waals surface area contributed by atoms with Gasteiger partial charge in [-0.05, 0) is 45.7 Å². The first-order valence-corrected chi connectivity index (χ1v) is 11.8. The standard InChI is InChI=1S/C22H27ClN6OS/c1-13-19(14(2)28(4)27-13)24-21(30)15(3)31-22-26-25-20(17-11-7-8-12-18(17)23)29(22)16-9-5-6-10-16/h7-8,11-12,15-16H,5-6,9-10H2,1-4H3,(H,24,30)/t15-/m0/s1. The minimum atomic E-state index is -0.345. The minimum Gasteiger partial charge on any atom is -0.322 e. The summed E-state index contributed by atoms with van der Waals surface area (Å²) >= 11 is 7.90. The molecule has 1 aromatic carbocycles. The highest BCUT2D eigenvalue weighted by atomic mass is 35.5. The van der Waals surface area contributed by atoms with Gasteiger partial charge in [0.05, 0.1) is 27.3 Å². The number of hydrogen-bond donors (Lipinski definition) is 1. The van der Waals surface area contributed by atoms with Gasteiger partial charge in [0.15, 0.2) is 11.0 Å². The van der Waals surface area contributed by atoms with Crippen molar-refractivity contribution in [3.05, 3.63) is 40.7 Å². The molecule has 0 spiro atoms. The average molecular weight is 459 g/mol. The Morgan fingerprint density at radius 3 is 2.58 bits per heavy atom. The van der Waals surface area contributed by atoms with Crippen molar-refractivity contribution in [1.82, 2.24) is 24.5 Å². The maximum Gasteiger partial charge on any atom is 0.237 e. The lowest BCUT2D eigenvalue weighted by molar-refractivity contribution is -0.115. The summed E-state index contributed by atoms with van der Waals surface area (Å²) in [5.41, 5.74) is 3.38. The summed E-state index contributed by atoms with van der Waals surface area (Å²) in [5.74, 6) is 0.691. The number of rotatable bonds is 6. The highest BCUT2D eigenvalue weighted by molar-refractivity contribution is 8.00. The molecule has 1 fully saturated rings. The second-order valence-corrected chi connectivity index (χ2v) is 9.73. The topological polar surface area (TPSA) is 77.6 Å². The summed E-state index contributed by atoms with van der Waals surface area (Å²) < 4.78 is 3.96. The fraction of sp³-hybridized carbons (Fsp3) is 0.455. The van der Waals surface area contributed by atoms with Gasteiger partial charge in [-0.1, -0.05) is 48.3 Å². The number of carbonyl (C=O) groups is 1. The lowest BCUT2D eigenvalue weighted by Crippen LogP contribution is -2.24. The molecule has 0 unspecified atom stereocenters. The second kappa shape index (κ2) is 9.04. The molecule has 2 aromatic heterocycles. The van der Waals surface area contributed by atoms with Crippen LogP contribution in [-0.4, -0.2) is 35.7 Å². The van der Waals surface area contributed by atoms with Gasteiger partial charge in [-0.15, -0.1) is 10.2 Å². The van der Waals surface area contributed by atoms with E-state index < -0.39 is 0 Å². The van der Waals surface area contributed by atoms with Crippen LogP contribution in [0.2, 0.25) is 5.02 Å². The van der Waals surface area contributed by atoms with E-state index in [1.54, 1.807) is 4.68 Å². The molecular formula is C22H27ClN6OS. The Kier molecular flexibility index (Phi) is 6.39. The fourth-order valence-electron chi connectivity index (χ4n) is 4.07. The van der Waals surface area contributed by atoms with Gasteiger partial charge >= 0.3 is 0 Å². The normalized spacial score (nSPS) is 15.4. The summed E-state index contributed by atoms with van der Waals surface area (Å²) in [4.78, 5) is 12.9. The van der Waals surface area contributed by atoms with Crippen LogP contribution in [0.1, 0.15) is 50.0 Å². The number of anilines is 1. The van der Waals surface area contributed by atoms with E-state index >= 15 is 0 Å². The monoisotopic (exact) mass is 458 g/mol. The molecule has 1 N–H and O–H groups in total. The molecular weight excluding hydrogens is 432 g/mol. The van der Waals surface area contributed by atoms with Gasteiger partial charge in [-0.25, -0.2) is 0 Å². The van der Waals surface area contributed by atoms with Crippen molar-refractivity contribution in [1.29, 1.82) is 0 Å². The Labute approximate surface area is 191 Å². The molecule has 1 aliphatic rings. The Morgan fingerprint density at radius 2 is 1.94 bits per heavy atom. The van der Waals surface area contributed by atoms with Crippen LogP contribution in [0.5, 0.6) is 0 Å². The Morgan fingerprint density at radius 1 is 1.23 bits per heavy atom. The molecule has 1 saturated carbocycles. The molecule has 9 heteroatoms. The van der Waals surface area contributed by atoms with Crippen molar-refractivity contribution in [2.45, 2.75) is 62.9 Å². The van der Waals surface area contributed by atoms with Crippen molar-refractivity contribution in [3.8, 4) is 11.4 Å². The molecule has 1 atom stereocenters. The summed E-state index contributed by atoms with van der Waals surface area (Å²) in [5, 5.41) is 17.4. The lowest BCUT2D eigenvalue weighted by Gasteiger charge is -2.19. The van der Waals surface area contributed by atoms with Crippen LogP contribution in [0.3, 0.4) is 0 Å². The number of aryl methyl sites for hydroxylation is 2. The van der Waals surface area contributed by atoms with Crippen molar-refractivity contribution in [3.63, 3.8) is 0 Å². The molecule has 4 rings (SSSR count). The predicted octanol–water partition coefficient (Wildman–Crippen LogP) is 5.18. The number of thioether (sulfide) groups is 1. The number of aromatic nitrogens is 5. The molecule has 0 saturated heterocycles. The van der Waals surface area contributed by atoms with E-state index in [2.05, 4.69) is 25.2 Å². The van der Waals surface area contributed by atoms with Crippen LogP contribution >= 0.6 is 23.4 Å². The smallest absolute Gasteiger partial charge is 0.237 e. The third kappa shape index (κ3) is 4.36. The summed E-state index contributed by atoms with van der Waals surface area (Å²) in [6.07, 6.45) is 4.53. The summed E-state index contributed by atoms with van der Waals surface area (Å²) in [7, 11) is 1.87. The maximum atomic E-state index is 12.9. The lowest BCUT2D eigenvalue weighted by atomic mass is 10.2. The SMILES string of the molecule is Cc1nn(C)c(C)c1NC(=O)[C@H](C)Sc1nnc(-c2ccccc2Cl)n1C1CCCC1. The van der Waals surface area contributed by atoms with Gasteiger partial charge in [0.1, 0.15) is 0 Å². The van der Waals surface area contributed by atoms with E-state index in [4.69, 9.17) is 11.6 Å². The Bertz CT molecular complexity index is 1100. The number of nitrogens with one attached hydrogen (secondary N) is 1. The van der Waals surface area contributed by atoms with Gasteiger partial charge in [-0.2, -0.15) is 5.10 Å². The van der Waals surface area contributed by atoms with E-state index in [1.165, 1.54) is 24.6 Å². The van der Waals surface area contributed by atoms with Gasteiger partial charge in [-0.3, -0.25) is 14.0 Å². The van der Waals surface area contributed by atoms with Crippen LogP contribution in [0.15, 0.2) is 29.4 Å². The summed E-state index contributed by atoms with van der Waals surface area (Å²) in [6.45, 7) is 5.73. The second-order valence-electron chi connectivity index (χ2n) is 8.01. The van der Waals surface area contributed by atoms with Gasteiger partial charge < -0.3 is 5.32 Å². The molecule has 0 aliphatic heterocycles. The van der Waals surface area contributed by atoms with Crippen molar-refractivity contribution in [2.24, 2.45) is 7.05 Å². The van der Waals surface area contributed by atoms with Crippen LogP contribution < -0.4 is 5.32 Å². The predicted molar refractivity (Wildman–Crippen MR) is 125 cm³/mol. The molecule has 2 heterocycles. The zero-order chi connectivity index (χ0) is 22.1. The number of hydrogen-bond acceptors (Lipinski definition) is 5. The van der Waals surface area contributed by atoms with E-state index in [0.29, 0.717) is 11.1 Å². The van der Waals surface area contributed by atoms with Gasteiger partial charge in [0.25, 0.3) is 0 Å². The number of amides is 1. The van der Waals surface area contributed by atoms with Crippen LogP contribution in [-0.2, 0) is 11.8 Å². The van der Waals surface area contributed by atoms with E-state index in [9.17, 15) is 4.79 Å². The maximum absolute atomic E-state index is 12.9.